The van der Waals surface area contributed by atoms with Gasteiger partial charge in [-0.25, -0.2) is 4.99 Å². The monoisotopic (exact) mass is 423 g/mol. The lowest BCUT2D eigenvalue weighted by atomic mass is 9.96. The van der Waals surface area contributed by atoms with Crippen LogP contribution in [0.3, 0.4) is 0 Å². The fraction of sp³-hybridized carbons (Fsp3) is 0.261. The van der Waals surface area contributed by atoms with Crippen LogP contribution < -0.4 is 9.84 Å². The van der Waals surface area contributed by atoms with Crippen LogP contribution in [0.2, 0.25) is 0 Å². The molecule has 1 aliphatic rings. The zero-order chi connectivity index (χ0) is 22.0. The number of amidine groups is 1. The molecule has 1 heterocycles. The maximum absolute atomic E-state index is 12.8. The number of carbonyl (C=O) groups is 2. The number of hydrogen-bond donors (Lipinski definition) is 0. The number of carboxylic acids is 1. The molecule has 3 rings (SSSR count). The lowest BCUT2D eigenvalue weighted by Crippen LogP contribution is -2.23. The molecule has 2 aromatic carbocycles. The number of carboxylic acid groups (broad SMARTS) is 1. The van der Waals surface area contributed by atoms with E-state index in [4.69, 9.17) is 4.74 Å². The highest BCUT2D eigenvalue weighted by Gasteiger charge is 2.30. The van der Waals surface area contributed by atoms with Crippen molar-refractivity contribution in [1.29, 1.82) is 0 Å². The molecule has 6 nitrogen and oxygen atoms in total. The van der Waals surface area contributed by atoms with E-state index in [2.05, 4.69) is 24.9 Å². The molecule has 0 aromatic heterocycles. The number of carbonyl (C=O) groups excluding carboxylic acids is 2. The van der Waals surface area contributed by atoms with Crippen molar-refractivity contribution in [3.8, 4) is 5.75 Å². The van der Waals surface area contributed by atoms with E-state index in [9.17, 15) is 14.7 Å². The molecule has 1 aliphatic heterocycles. The van der Waals surface area contributed by atoms with E-state index >= 15 is 0 Å². The molecule has 0 atom stereocenters. The van der Waals surface area contributed by atoms with Gasteiger partial charge in [0, 0.05) is 7.05 Å². The average Bonchev–Trinajstić information content (AvgIpc) is 2.97. The minimum absolute atomic E-state index is 0.0824. The van der Waals surface area contributed by atoms with Crippen LogP contribution in [-0.2, 0) is 4.79 Å². The van der Waals surface area contributed by atoms with Crippen LogP contribution in [0.15, 0.2) is 46.3 Å². The van der Waals surface area contributed by atoms with Gasteiger partial charge in [-0.2, -0.15) is 0 Å². The number of ether oxygens (including phenoxy) is 1. The Balaban J connectivity index is 1.93. The van der Waals surface area contributed by atoms with E-state index in [0.717, 1.165) is 22.4 Å². The van der Waals surface area contributed by atoms with Gasteiger partial charge in [-0.15, -0.1) is 0 Å². The van der Waals surface area contributed by atoms with Gasteiger partial charge < -0.3 is 14.6 Å². The standard InChI is InChI=1S/C23H24N2O4S/c1-13(2)18-11-16(14(3)10-19(18)29-5)12-20-21(26)25(4)23(30-20)24-17-8-6-15(7-9-17)22(27)28/h6-13H,1-5H3,(H,27,28)/p-1/b20-12-,24-23?. The number of hydrogen-bond acceptors (Lipinski definition) is 6. The second kappa shape index (κ2) is 8.75. The van der Waals surface area contributed by atoms with E-state index in [1.165, 1.54) is 28.8 Å². The van der Waals surface area contributed by atoms with Gasteiger partial charge >= 0.3 is 0 Å². The predicted molar refractivity (Wildman–Crippen MR) is 118 cm³/mol. The Morgan fingerprint density at radius 2 is 1.90 bits per heavy atom. The van der Waals surface area contributed by atoms with Crippen LogP contribution in [0.4, 0.5) is 5.69 Å². The number of likely N-dealkylation sites (N-methyl/N-ethyl adjacent to an activating group) is 1. The molecule has 1 saturated heterocycles. The van der Waals surface area contributed by atoms with E-state index in [-0.39, 0.29) is 17.4 Å². The zero-order valence-electron chi connectivity index (χ0n) is 17.6. The largest absolute Gasteiger partial charge is 0.545 e. The number of nitrogens with zero attached hydrogens (tertiary/aromatic N) is 2. The van der Waals surface area contributed by atoms with Crippen molar-refractivity contribution < 1.29 is 19.4 Å². The highest BCUT2D eigenvalue weighted by molar-refractivity contribution is 8.18. The van der Waals surface area contributed by atoms with Crippen LogP contribution in [-0.4, -0.2) is 36.1 Å². The molecule has 1 fully saturated rings. The van der Waals surface area contributed by atoms with Gasteiger partial charge in [0.15, 0.2) is 5.17 Å². The molecule has 0 spiro atoms. The SMILES string of the molecule is COc1cc(C)c(/C=C2\SC(=Nc3ccc(C(=O)[O-])cc3)N(C)C2=O)cc1C(C)C. The molecule has 0 radical (unpaired) electrons. The molecule has 0 saturated carbocycles. The summed E-state index contributed by atoms with van der Waals surface area (Å²) in [5, 5.41) is 11.4. The molecule has 7 heteroatoms. The Hall–Kier alpha value is -3.06. The van der Waals surface area contributed by atoms with E-state index in [0.29, 0.717) is 15.8 Å². The van der Waals surface area contributed by atoms with Crippen molar-refractivity contribution in [2.75, 3.05) is 14.2 Å². The summed E-state index contributed by atoms with van der Waals surface area (Å²) in [5.41, 5.74) is 3.71. The normalized spacial score (nSPS) is 16.7. The molecule has 156 valence electrons. The second-order valence-electron chi connectivity index (χ2n) is 7.31. The maximum atomic E-state index is 12.8. The first-order valence-corrected chi connectivity index (χ1v) is 10.3. The third-order valence-electron chi connectivity index (χ3n) is 4.86. The Kier molecular flexibility index (Phi) is 6.31. The Morgan fingerprint density at radius 1 is 1.23 bits per heavy atom. The second-order valence-corrected chi connectivity index (χ2v) is 8.32. The van der Waals surface area contributed by atoms with Crippen LogP contribution in [0.1, 0.15) is 46.8 Å². The molecule has 0 N–H and O–H groups in total. The third-order valence-corrected chi connectivity index (χ3v) is 5.92. The van der Waals surface area contributed by atoms with Crippen LogP contribution in [0.25, 0.3) is 6.08 Å². The molecular weight excluding hydrogens is 400 g/mol. The molecule has 0 aliphatic carbocycles. The summed E-state index contributed by atoms with van der Waals surface area (Å²) >= 11 is 1.29. The number of amides is 1. The maximum Gasteiger partial charge on any atom is 0.266 e. The smallest absolute Gasteiger partial charge is 0.266 e. The zero-order valence-corrected chi connectivity index (χ0v) is 18.4. The fourth-order valence-corrected chi connectivity index (χ4v) is 4.05. The third kappa shape index (κ3) is 4.41. The summed E-state index contributed by atoms with van der Waals surface area (Å²) in [6, 6.07) is 10.1. The van der Waals surface area contributed by atoms with Gasteiger partial charge in [-0.3, -0.25) is 9.69 Å². The molecule has 2 aromatic rings. The van der Waals surface area contributed by atoms with Gasteiger partial charge in [0.05, 0.1) is 23.7 Å². The van der Waals surface area contributed by atoms with Crippen molar-refractivity contribution in [2.45, 2.75) is 26.7 Å². The molecule has 30 heavy (non-hydrogen) atoms. The van der Waals surface area contributed by atoms with Crippen LogP contribution in [0, 0.1) is 6.92 Å². The van der Waals surface area contributed by atoms with Crippen molar-refractivity contribution >= 4 is 40.6 Å². The van der Waals surface area contributed by atoms with Crippen molar-refractivity contribution in [2.24, 2.45) is 4.99 Å². The first-order valence-electron chi connectivity index (χ1n) is 9.47. The van der Waals surface area contributed by atoms with E-state index in [1.54, 1.807) is 26.3 Å². The minimum atomic E-state index is -1.24. The number of methoxy groups -OCH3 is 1. The van der Waals surface area contributed by atoms with Crippen LogP contribution >= 0.6 is 11.8 Å². The fourth-order valence-electron chi connectivity index (χ4n) is 3.07. The Bertz CT molecular complexity index is 1060. The highest BCUT2D eigenvalue weighted by Crippen LogP contribution is 2.36. The summed E-state index contributed by atoms with van der Waals surface area (Å²) in [4.78, 5) is 30.2. The van der Waals surface area contributed by atoms with Crippen LogP contribution in [0.5, 0.6) is 5.75 Å². The van der Waals surface area contributed by atoms with Gasteiger partial charge in [0.2, 0.25) is 0 Å². The Labute approximate surface area is 180 Å². The van der Waals surface area contributed by atoms with Gasteiger partial charge in [0.25, 0.3) is 5.91 Å². The first-order chi connectivity index (χ1) is 14.2. The average molecular weight is 424 g/mol. The number of aromatic carboxylic acids is 1. The summed E-state index contributed by atoms with van der Waals surface area (Å²) in [6.07, 6.45) is 1.88. The molecular formula is C23H23N2O4S-. The number of thioether (sulfide) groups is 1. The van der Waals surface area contributed by atoms with Gasteiger partial charge in [0.1, 0.15) is 5.75 Å². The van der Waals surface area contributed by atoms with E-state index in [1.807, 2.05) is 19.1 Å². The topological polar surface area (TPSA) is 82.0 Å². The van der Waals surface area contributed by atoms with Gasteiger partial charge in [-0.1, -0.05) is 26.0 Å². The molecule has 0 unspecified atom stereocenters. The number of rotatable bonds is 5. The number of aryl methyl sites for hydroxylation is 1. The molecule has 0 bridgehead atoms. The summed E-state index contributed by atoms with van der Waals surface area (Å²) in [7, 11) is 3.33. The highest BCUT2D eigenvalue weighted by atomic mass is 32.2. The number of benzene rings is 2. The summed E-state index contributed by atoms with van der Waals surface area (Å²) in [5.74, 6) is -0.244. The minimum Gasteiger partial charge on any atom is -0.545 e. The van der Waals surface area contributed by atoms with Crippen molar-refractivity contribution in [3.63, 3.8) is 0 Å². The van der Waals surface area contributed by atoms with E-state index < -0.39 is 5.97 Å². The van der Waals surface area contributed by atoms with Crippen molar-refractivity contribution in [1.82, 2.24) is 4.90 Å². The predicted octanol–water partition coefficient (Wildman–Crippen LogP) is 3.72. The summed E-state index contributed by atoms with van der Waals surface area (Å²) in [6.45, 7) is 6.19. The van der Waals surface area contributed by atoms with Gasteiger partial charge in [-0.05, 0) is 77.2 Å². The lowest BCUT2D eigenvalue weighted by molar-refractivity contribution is -0.255. The lowest BCUT2D eigenvalue weighted by Gasteiger charge is -2.14. The Morgan fingerprint density at radius 3 is 2.47 bits per heavy atom. The number of aliphatic imine (C=N–C) groups is 1. The summed E-state index contributed by atoms with van der Waals surface area (Å²) < 4.78 is 5.50. The first kappa shape index (κ1) is 21.6. The van der Waals surface area contributed by atoms with Crippen molar-refractivity contribution in [3.05, 3.63) is 63.6 Å². The molecule has 1 amide bonds. The quantitative estimate of drug-likeness (QED) is 0.685.